The number of thioether (sulfide) groups is 1. The molecule has 1 aromatic heterocycles. The number of rotatable bonds is 13. The van der Waals surface area contributed by atoms with Gasteiger partial charge in [0.2, 0.25) is 17.7 Å². The summed E-state index contributed by atoms with van der Waals surface area (Å²) in [5, 5.41) is 17.8. The van der Waals surface area contributed by atoms with E-state index in [0.29, 0.717) is 60.7 Å². The number of carbonyl (C=O) groups is 6. The van der Waals surface area contributed by atoms with Crippen LogP contribution >= 0.6 is 23.1 Å². The zero-order chi connectivity index (χ0) is 44.5. The van der Waals surface area contributed by atoms with Crippen LogP contribution in [0.15, 0.2) is 71.1 Å². The lowest BCUT2D eigenvalue weighted by Crippen LogP contribution is -2.54. The Kier molecular flexibility index (Phi) is 12.7. The minimum Gasteiger partial charge on any atom is -0.508 e. The molecule has 3 fully saturated rings. The molecule has 6 heterocycles. The summed E-state index contributed by atoms with van der Waals surface area (Å²) in [5.74, 6) is -2.37. The number of nitrogens with zero attached hydrogens (tertiary/aromatic N) is 6. The van der Waals surface area contributed by atoms with Gasteiger partial charge in [0.25, 0.3) is 17.7 Å². The minimum atomic E-state index is -1.30. The number of nitrogens with one attached hydrogen (secondary N) is 2. The van der Waals surface area contributed by atoms with Crippen molar-refractivity contribution in [2.45, 2.75) is 61.8 Å². The predicted octanol–water partition coefficient (Wildman–Crippen LogP) is 4.01. The number of piperidine rings is 2. The number of phenols is 1. The van der Waals surface area contributed by atoms with E-state index < -0.39 is 29.7 Å². The quantitative estimate of drug-likeness (QED) is 0.0997. The van der Waals surface area contributed by atoms with E-state index in [1.165, 1.54) is 28.5 Å². The van der Waals surface area contributed by atoms with Crippen LogP contribution in [0.3, 0.4) is 0 Å². The summed E-state index contributed by atoms with van der Waals surface area (Å²) in [4.78, 5) is 92.5. The number of carbonyl (C=O) groups excluding carboxylic acids is 6. The predicted molar refractivity (Wildman–Crippen MR) is 235 cm³/mol. The van der Waals surface area contributed by atoms with Crippen LogP contribution in [0, 0.1) is 5.82 Å². The van der Waals surface area contributed by atoms with Crippen LogP contribution in [0.4, 0.5) is 15.2 Å². The van der Waals surface area contributed by atoms with Gasteiger partial charge in [-0.3, -0.25) is 44.3 Å². The first kappa shape index (κ1) is 43.4. The molecule has 0 spiro atoms. The SMILES string of the molecule is O=C1CCC(N2Cc3c(SCCOCC(=O)N4CCN(C5CCN(c6ccc7c(c6)C(=O)N(C(C(=O)Nc6nccs6)c6cc(F)ccc6O)C7)CC5)CC4)cccc3C2=O)C(=O)N1. The number of amides is 6. The molecule has 9 rings (SSSR count). The van der Waals surface area contributed by atoms with Crippen molar-refractivity contribution >= 4 is 69.4 Å². The Morgan fingerprint density at radius 1 is 0.953 bits per heavy atom. The zero-order valence-electron chi connectivity index (χ0n) is 34.9. The lowest BCUT2D eigenvalue weighted by molar-refractivity contribution is -0.138. The summed E-state index contributed by atoms with van der Waals surface area (Å²) in [6.07, 6.45) is 3.88. The van der Waals surface area contributed by atoms with Gasteiger partial charge in [-0.15, -0.1) is 23.1 Å². The molecule has 0 radical (unpaired) electrons. The molecular formula is C45H47FN8O8S2. The van der Waals surface area contributed by atoms with E-state index in [-0.39, 0.29) is 54.5 Å². The third kappa shape index (κ3) is 8.93. The average Bonchev–Trinajstić information content (AvgIpc) is 4.02. The van der Waals surface area contributed by atoms with E-state index in [0.717, 1.165) is 72.9 Å². The Bertz CT molecular complexity index is 2480. The van der Waals surface area contributed by atoms with Crippen molar-refractivity contribution in [2.75, 3.05) is 68.5 Å². The Balaban J connectivity index is 0.721. The standard InChI is InChI=1S/C45H47FN8O8S2/c46-28-5-8-36(55)33(22-28)40(42(59)49-45-47-12-20-64-45)54-24-27-4-6-30(23-32(27)44(54)61)50-13-10-29(11-14-50)51-15-17-52(18-16-51)39(57)26-62-19-21-63-37-3-1-2-31-34(37)25-53(43(31)60)35-7-9-38(56)48-41(35)58/h1-6,8,12,20,22-23,29,35,40,55H,7,9-11,13-19,21,24-26H2,(H,47,49,59)(H,48,56,58). The molecule has 4 aromatic rings. The van der Waals surface area contributed by atoms with Gasteiger partial charge in [-0.05, 0) is 72.9 Å². The first-order valence-electron chi connectivity index (χ1n) is 21.4. The minimum absolute atomic E-state index is 0.0115. The maximum atomic E-state index is 14.4. The molecule has 2 atom stereocenters. The number of fused-ring (bicyclic) bond motifs is 2. The topological polar surface area (TPSA) is 185 Å². The van der Waals surface area contributed by atoms with Crippen molar-refractivity contribution in [3.05, 3.63) is 99.8 Å². The fourth-order valence-corrected chi connectivity index (χ4v) is 10.8. The number of piperazine rings is 1. The van der Waals surface area contributed by atoms with Gasteiger partial charge in [0.15, 0.2) is 5.13 Å². The van der Waals surface area contributed by atoms with Crippen molar-refractivity contribution in [3.8, 4) is 5.75 Å². The number of thiazole rings is 1. The van der Waals surface area contributed by atoms with Crippen molar-refractivity contribution in [3.63, 3.8) is 0 Å². The van der Waals surface area contributed by atoms with Crippen LogP contribution in [0.2, 0.25) is 0 Å². The highest BCUT2D eigenvalue weighted by Crippen LogP contribution is 2.39. The molecule has 16 nitrogen and oxygen atoms in total. The van der Waals surface area contributed by atoms with Crippen LogP contribution in [0.1, 0.15) is 69.1 Å². The van der Waals surface area contributed by atoms with E-state index in [1.54, 1.807) is 28.1 Å². The second-order valence-corrected chi connectivity index (χ2v) is 18.5. The van der Waals surface area contributed by atoms with Gasteiger partial charge in [0.05, 0.1) is 6.61 Å². The summed E-state index contributed by atoms with van der Waals surface area (Å²) in [6.45, 7) is 5.08. The number of anilines is 2. The molecule has 0 bridgehead atoms. The molecule has 0 saturated carbocycles. The van der Waals surface area contributed by atoms with E-state index in [4.69, 9.17) is 4.74 Å². The Hall–Kier alpha value is -5.89. The molecule has 0 aliphatic carbocycles. The second kappa shape index (κ2) is 18.7. The smallest absolute Gasteiger partial charge is 0.255 e. The van der Waals surface area contributed by atoms with Crippen LogP contribution in [0.5, 0.6) is 5.75 Å². The number of benzene rings is 3. The van der Waals surface area contributed by atoms with Crippen LogP contribution in [-0.2, 0) is 37.0 Å². The first-order chi connectivity index (χ1) is 31.0. The third-order valence-electron chi connectivity index (χ3n) is 12.7. The molecule has 6 amide bonds. The highest BCUT2D eigenvalue weighted by molar-refractivity contribution is 7.99. The monoisotopic (exact) mass is 910 g/mol. The highest BCUT2D eigenvalue weighted by Gasteiger charge is 2.41. The largest absolute Gasteiger partial charge is 0.508 e. The molecule has 19 heteroatoms. The van der Waals surface area contributed by atoms with Crippen LogP contribution in [-0.4, -0.2) is 135 Å². The van der Waals surface area contributed by atoms with Gasteiger partial charge in [-0.2, -0.15) is 0 Å². The summed E-state index contributed by atoms with van der Waals surface area (Å²) in [7, 11) is 0. The lowest BCUT2D eigenvalue weighted by atomic mass is 10.0. The lowest BCUT2D eigenvalue weighted by Gasteiger charge is -2.43. The maximum absolute atomic E-state index is 14.4. The number of ether oxygens (including phenoxy) is 1. The zero-order valence-corrected chi connectivity index (χ0v) is 36.5. The molecule has 3 aromatic carbocycles. The van der Waals surface area contributed by atoms with Gasteiger partial charge in [0, 0.05) is 109 Å². The van der Waals surface area contributed by atoms with E-state index in [9.17, 15) is 38.3 Å². The highest BCUT2D eigenvalue weighted by atomic mass is 32.2. The van der Waals surface area contributed by atoms with Crippen molar-refractivity contribution in [2.24, 2.45) is 0 Å². The maximum Gasteiger partial charge on any atom is 0.255 e. The molecule has 334 valence electrons. The second-order valence-electron chi connectivity index (χ2n) is 16.4. The summed E-state index contributed by atoms with van der Waals surface area (Å²) < 4.78 is 20.2. The van der Waals surface area contributed by atoms with Gasteiger partial charge >= 0.3 is 0 Å². The molecule has 3 saturated heterocycles. The number of halogens is 1. The molecule has 5 aliphatic heterocycles. The number of hydrogen-bond acceptors (Lipinski definition) is 13. The Labute approximate surface area is 376 Å². The van der Waals surface area contributed by atoms with Gasteiger partial charge in [0.1, 0.15) is 30.3 Å². The third-order valence-corrected chi connectivity index (χ3v) is 14.4. The van der Waals surface area contributed by atoms with E-state index in [1.807, 2.05) is 35.2 Å². The summed E-state index contributed by atoms with van der Waals surface area (Å²) in [5.41, 5.74) is 3.51. The van der Waals surface area contributed by atoms with E-state index >= 15 is 0 Å². The number of phenolic OH excluding ortho intramolecular Hbond substituents is 1. The fraction of sp³-hybridized carbons (Fsp3) is 0.400. The normalized spacial score (nSPS) is 19.8. The van der Waals surface area contributed by atoms with Gasteiger partial charge in [-0.1, -0.05) is 12.1 Å². The first-order valence-corrected chi connectivity index (χ1v) is 23.3. The summed E-state index contributed by atoms with van der Waals surface area (Å²) in [6, 6.07) is 13.0. The van der Waals surface area contributed by atoms with E-state index in [2.05, 4.69) is 25.4 Å². The van der Waals surface area contributed by atoms with Crippen LogP contribution < -0.4 is 15.5 Å². The van der Waals surface area contributed by atoms with Crippen molar-refractivity contribution in [1.29, 1.82) is 0 Å². The number of aromatic nitrogens is 1. The number of imide groups is 1. The molecule has 5 aliphatic rings. The molecular weight excluding hydrogens is 864 g/mol. The van der Waals surface area contributed by atoms with Crippen molar-refractivity contribution < 1.29 is 43.0 Å². The van der Waals surface area contributed by atoms with Gasteiger partial charge in [-0.25, -0.2) is 9.37 Å². The average molecular weight is 911 g/mol. The Morgan fingerprint density at radius 2 is 1.77 bits per heavy atom. The van der Waals surface area contributed by atoms with Gasteiger partial charge < -0.3 is 29.4 Å². The number of hydrogen-bond donors (Lipinski definition) is 3. The Morgan fingerprint density at radius 3 is 2.53 bits per heavy atom. The molecule has 2 unspecified atom stereocenters. The molecule has 3 N–H and O–H groups in total. The van der Waals surface area contributed by atoms with Crippen molar-refractivity contribution in [1.82, 2.24) is 29.9 Å². The summed E-state index contributed by atoms with van der Waals surface area (Å²) >= 11 is 2.75. The fourth-order valence-electron chi connectivity index (χ4n) is 9.35. The molecule has 64 heavy (non-hydrogen) atoms. The van der Waals surface area contributed by atoms with Crippen LogP contribution in [0.25, 0.3) is 0 Å². The number of aromatic hydroxyl groups is 1.